The summed E-state index contributed by atoms with van der Waals surface area (Å²) in [6.07, 6.45) is 0. The zero-order chi connectivity index (χ0) is 14.7. The average Bonchev–Trinajstić information content (AvgIpc) is 2.41. The Balaban J connectivity index is 2.41. The average molecular weight is 271 g/mol. The van der Waals surface area contributed by atoms with E-state index in [1.807, 2.05) is 0 Å². The molecular weight excluding hydrogens is 261 g/mol. The van der Waals surface area contributed by atoms with Crippen LogP contribution >= 0.6 is 0 Å². The second-order valence-electron chi connectivity index (χ2n) is 4.01. The number of hydrogen-bond donors (Lipinski definition) is 3. The van der Waals surface area contributed by atoms with Crippen molar-refractivity contribution in [1.82, 2.24) is 0 Å². The first kappa shape index (κ1) is 13.4. The number of aromatic carboxylic acids is 1. The zero-order valence-electron chi connectivity index (χ0n) is 10.2. The van der Waals surface area contributed by atoms with E-state index in [1.54, 1.807) is 12.1 Å². The van der Waals surface area contributed by atoms with Crippen molar-refractivity contribution in [2.24, 2.45) is 0 Å². The third kappa shape index (κ3) is 2.52. The summed E-state index contributed by atoms with van der Waals surface area (Å²) in [5.41, 5.74) is 6.13. The predicted octanol–water partition coefficient (Wildman–Crippen LogP) is 2.72. The summed E-state index contributed by atoms with van der Waals surface area (Å²) in [6, 6.07) is 10.2. The molecule has 0 aliphatic rings. The van der Waals surface area contributed by atoms with Gasteiger partial charge in [-0.2, -0.15) is 5.26 Å². The normalized spacial score (nSPS) is 9.80. The number of rotatable bonds is 3. The van der Waals surface area contributed by atoms with Crippen molar-refractivity contribution in [1.29, 1.82) is 5.26 Å². The van der Waals surface area contributed by atoms with Crippen molar-refractivity contribution < 1.29 is 14.3 Å². The molecule has 0 bridgehead atoms. The van der Waals surface area contributed by atoms with Crippen molar-refractivity contribution in [3.63, 3.8) is 0 Å². The smallest absolute Gasteiger partial charge is 0.337 e. The van der Waals surface area contributed by atoms with Gasteiger partial charge in [-0.05, 0) is 30.3 Å². The second kappa shape index (κ2) is 5.28. The molecule has 0 aromatic heterocycles. The highest BCUT2D eigenvalue weighted by molar-refractivity contribution is 5.95. The van der Waals surface area contributed by atoms with E-state index in [1.165, 1.54) is 30.3 Å². The summed E-state index contributed by atoms with van der Waals surface area (Å²) < 4.78 is 13.4. The van der Waals surface area contributed by atoms with E-state index < -0.39 is 11.8 Å². The number of nitrogens with zero attached hydrogens (tertiary/aromatic N) is 1. The Hall–Kier alpha value is -3.07. The molecule has 2 rings (SSSR count). The van der Waals surface area contributed by atoms with Crippen LogP contribution in [0.15, 0.2) is 36.4 Å². The Kier molecular flexibility index (Phi) is 3.53. The van der Waals surface area contributed by atoms with Gasteiger partial charge in [-0.25, -0.2) is 9.18 Å². The van der Waals surface area contributed by atoms with E-state index >= 15 is 0 Å². The van der Waals surface area contributed by atoms with Gasteiger partial charge in [0, 0.05) is 11.4 Å². The molecule has 100 valence electrons. The molecule has 0 atom stereocenters. The lowest BCUT2D eigenvalue weighted by Crippen LogP contribution is -2.04. The van der Waals surface area contributed by atoms with Crippen LogP contribution in [0.25, 0.3) is 0 Å². The quantitative estimate of drug-likeness (QED) is 0.745. The molecule has 0 saturated carbocycles. The fourth-order valence-corrected chi connectivity index (χ4v) is 1.72. The summed E-state index contributed by atoms with van der Waals surface area (Å²) in [4.78, 5) is 11.0. The van der Waals surface area contributed by atoms with Crippen molar-refractivity contribution in [3.8, 4) is 6.07 Å². The molecule has 4 N–H and O–H groups in total. The van der Waals surface area contributed by atoms with E-state index in [0.717, 1.165) is 0 Å². The number of hydrogen-bond acceptors (Lipinski definition) is 4. The second-order valence-corrected chi connectivity index (χ2v) is 4.01. The number of carboxylic acid groups (broad SMARTS) is 1. The SMILES string of the molecule is N#Cc1c(F)cccc1Nc1ccc(N)c(C(=O)O)c1. The van der Waals surface area contributed by atoms with Gasteiger partial charge in [-0.1, -0.05) is 6.07 Å². The highest BCUT2D eigenvalue weighted by atomic mass is 19.1. The molecule has 0 amide bonds. The minimum atomic E-state index is -1.16. The first-order chi connectivity index (χ1) is 9.52. The highest BCUT2D eigenvalue weighted by Crippen LogP contribution is 2.25. The monoisotopic (exact) mass is 271 g/mol. The van der Waals surface area contributed by atoms with Gasteiger partial charge in [0.05, 0.1) is 11.3 Å². The lowest BCUT2D eigenvalue weighted by atomic mass is 10.1. The molecule has 2 aromatic carbocycles. The van der Waals surface area contributed by atoms with Crippen LogP contribution in [-0.4, -0.2) is 11.1 Å². The number of carbonyl (C=O) groups is 1. The maximum absolute atomic E-state index is 13.4. The Bertz CT molecular complexity index is 723. The van der Waals surface area contributed by atoms with Crippen LogP contribution in [0.4, 0.5) is 21.5 Å². The first-order valence-corrected chi connectivity index (χ1v) is 5.61. The molecule has 20 heavy (non-hydrogen) atoms. The largest absolute Gasteiger partial charge is 0.478 e. The van der Waals surface area contributed by atoms with E-state index in [9.17, 15) is 9.18 Å². The fraction of sp³-hybridized carbons (Fsp3) is 0. The molecule has 0 aliphatic carbocycles. The zero-order valence-corrected chi connectivity index (χ0v) is 10.2. The number of nitriles is 1. The van der Waals surface area contributed by atoms with Crippen molar-refractivity contribution in [2.45, 2.75) is 0 Å². The van der Waals surface area contributed by atoms with E-state index in [4.69, 9.17) is 16.1 Å². The van der Waals surface area contributed by atoms with Crippen LogP contribution in [0, 0.1) is 17.1 Å². The number of nitrogens with two attached hydrogens (primary N) is 1. The number of nitrogen functional groups attached to an aromatic ring is 1. The molecule has 6 heteroatoms. The van der Waals surface area contributed by atoms with Crippen LogP contribution in [0.2, 0.25) is 0 Å². The Morgan fingerprint density at radius 1 is 1.35 bits per heavy atom. The first-order valence-electron chi connectivity index (χ1n) is 5.61. The molecule has 0 saturated heterocycles. The molecule has 0 fully saturated rings. The van der Waals surface area contributed by atoms with Crippen LogP contribution in [-0.2, 0) is 0 Å². The van der Waals surface area contributed by atoms with Gasteiger partial charge in [0.25, 0.3) is 0 Å². The van der Waals surface area contributed by atoms with Crippen LogP contribution in [0.1, 0.15) is 15.9 Å². The summed E-state index contributed by atoms with van der Waals surface area (Å²) in [5, 5.41) is 20.7. The van der Waals surface area contributed by atoms with Crippen LogP contribution in [0.3, 0.4) is 0 Å². The molecule has 0 aliphatic heterocycles. The minimum Gasteiger partial charge on any atom is -0.478 e. The Morgan fingerprint density at radius 2 is 2.10 bits per heavy atom. The molecule has 0 unspecified atom stereocenters. The minimum absolute atomic E-state index is 0.0649. The number of nitrogens with one attached hydrogen (secondary N) is 1. The molecule has 0 radical (unpaired) electrons. The number of halogens is 1. The third-order valence-electron chi connectivity index (χ3n) is 2.69. The topological polar surface area (TPSA) is 99.1 Å². The molecule has 0 heterocycles. The lowest BCUT2D eigenvalue weighted by Gasteiger charge is -2.10. The van der Waals surface area contributed by atoms with Gasteiger partial charge in [-0.3, -0.25) is 0 Å². The summed E-state index contributed by atoms with van der Waals surface area (Å²) in [5.74, 6) is -1.81. The highest BCUT2D eigenvalue weighted by Gasteiger charge is 2.11. The summed E-state index contributed by atoms with van der Waals surface area (Å²) in [6.45, 7) is 0. The Labute approximate surface area is 114 Å². The van der Waals surface area contributed by atoms with Gasteiger partial charge in [0.15, 0.2) is 0 Å². The van der Waals surface area contributed by atoms with E-state index in [0.29, 0.717) is 5.69 Å². The Morgan fingerprint density at radius 3 is 2.75 bits per heavy atom. The fourth-order valence-electron chi connectivity index (χ4n) is 1.72. The van der Waals surface area contributed by atoms with E-state index in [-0.39, 0.29) is 22.5 Å². The predicted molar refractivity (Wildman–Crippen MR) is 72.2 cm³/mol. The van der Waals surface area contributed by atoms with Crippen molar-refractivity contribution >= 4 is 23.0 Å². The molecule has 2 aromatic rings. The standard InChI is InChI=1S/C14H10FN3O2/c15-11-2-1-3-13(10(11)7-16)18-8-4-5-12(17)9(6-8)14(19)20/h1-6,18H,17H2,(H,19,20). The van der Waals surface area contributed by atoms with Gasteiger partial charge < -0.3 is 16.2 Å². The maximum Gasteiger partial charge on any atom is 0.337 e. The van der Waals surface area contributed by atoms with E-state index in [2.05, 4.69) is 5.32 Å². The molecule has 5 nitrogen and oxygen atoms in total. The third-order valence-corrected chi connectivity index (χ3v) is 2.69. The lowest BCUT2D eigenvalue weighted by molar-refractivity contribution is 0.0698. The van der Waals surface area contributed by atoms with Gasteiger partial charge in [-0.15, -0.1) is 0 Å². The summed E-state index contributed by atoms with van der Waals surface area (Å²) in [7, 11) is 0. The van der Waals surface area contributed by atoms with Crippen molar-refractivity contribution in [3.05, 3.63) is 53.3 Å². The van der Waals surface area contributed by atoms with Gasteiger partial charge in [0.1, 0.15) is 17.4 Å². The van der Waals surface area contributed by atoms with Crippen molar-refractivity contribution in [2.75, 3.05) is 11.1 Å². The van der Waals surface area contributed by atoms with Crippen LogP contribution in [0.5, 0.6) is 0 Å². The van der Waals surface area contributed by atoms with Crippen LogP contribution < -0.4 is 11.1 Å². The number of carboxylic acids is 1. The maximum atomic E-state index is 13.4. The van der Waals surface area contributed by atoms with Gasteiger partial charge >= 0.3 is 5.97 Å². The van der Waals surface area contributed by atoms with Gasteiger partial charge in [0.2, 0.25) is 0 Å². The number of anilines is 3. The summed E-state index contributed by atoms with van der Waals surface area (Å²) >= 11 is 0. The number of benzene rings is 2. The molecular formula is C14H10FN3O2. The molecule has 0 spiro atoms.